The van der Waals surface area contributed by atoms with Crippen molar-refractivity contribution in [2.75, 3.05) is 11.9 Å². The molecule has 0 aliphatic carbocycles. The molecule has 3 aromatic carbocycles. The van der Waals surface area contributed by atoms with Crippen LogP contribution in [0.2, 0.25) is 5.02 Å². The summed E-state index contributed by atoms with van der Waals surface area (Å²) in [5.41, 5.74) is 1.30. The molecule has 33 heavy (non-hydrogen) atoms. The second-order valence-corrected chi connectivity index (χ2v) is 8.24. The van der Waals surface area contributed by atoms with Crippen LogP contribution in [0.25, 0.3) is 11.0 Å². The highest BCUT2D eigenvalue weighted by Gasteiger charge is 2.49. The summed E-state index contributed by atoms with van der Waals surface area (Å²) in [5, 5.41) is 21.8. The summed E-state index contributed by atoms with van der Waals surface area (Å²) in [6.45, 7) is 0.0949. The SMILES string of the molecule is CN(C(=O)O)c1nc2ccc(C3(O)c4ccccc4C(=O)N3Cc3ccccc3Cl)cc2[nH]1. The largest absolute Gasteiger partial charge is 0.465 e. The predicted molar refractivity (Wildman–Crippen MR) is 123 cm³/mol. The number of fused-ring (bicyclic) bond motifs is 2. The maximum absolute atomic E-state index is 13.4. The van der Waals surface area contributed by atoms with Gasteiger partial charge < -0.3 is 15.2 Å². The van der Waals surface area contributed by atoms with Crippen molar-refractivity contribution in [3.8, 4) is 0 Å². The summed E-state index contributed by atoms with van der Waals surface area (Å²) in [5.74, 6) is -0.165. The van der Waals surface area contributed by atoms with Gasteiger partial charge >= 0.3 is 6.09 Å². The van der Waals surface area contributed by atoms with E-state index in [1.165, 1.54) is 11.9 Å². The maximum atomic E-state index is 13.4. The van der Waals surface area contributed by atoms with Gasteiger partial charge in [-0.15, -0.1) is 0 Å². The summed E-state index contributed by atoms with van der Waals surface area (Å²) in [6.07, 6.45) is -1.16. The minimum Gasteiger partial charge on any atom is -0.465 e. The molecule has 166 valence electrons. The molecule has 2 heterocycles. The number of carboxylic acid groups (broad SMARTS) is 1. The molecule has 1 aromatic heterocycles. The summed E-state index contributed by atoms with van der Waals surface area (Å²) in [7, 11) is 1.38. The van der Waals surface area contributed by atoms with Crippen molar-refractivity contribution in [2.24, 2.45) is 0 Å². The third-order valence-corrected chi connectivity index (χ3v) is 6.30. The monoisotopic (exact) mass is 462 g/mol. The molecule has 8 nitrogen and oxygen atoms in total. The number of aliphatic hydroxyl groups is 1. The number of imidazole rings is 1. The minimum absolute atomic E-state index is 0.0949. The number of halogens is 1. The predicted octanol–water partition coefficient (Wildman–Crippen LogP) is 4.18. The van der Waals surface area contributed by atoms with E-state index in [1.807, 2.05) is 12.1 Å². The van der Waals surface area contributed by atoms with E-state index >= 15 is 0 Å². The van der Waals surface area contributed by atoms with Crippen LogP contribution in [0.3, 0.4) is 0 Å². The number of nitrogens with one attached hydrogen (secondary N) is 1. The number of benzene rings is 3. The first-order chi connectivity index (χ1) is 15.8. The molecule has 0 spiro atoms. The quantitative estimate of drug-likeness (QED) is 0.421. The Morgan fingerprint density at radius 1 is 1.15 bits per heavy atom. The molecule has 3 N–H and O–H groups in total. The molecule has 0 fully saturated rings. The first-order valence-electron chi connectivity index (χ1n) is 10.1. The molecule has 9 heteroatoms. The van der Waals surface area contributed by atoms with Crippen molar-refractivity contribution in [2.45, 2.75) is 12.3 Å². The summed E-state index contributed by atoms with van der Waals surface area (Å²) in [6, 6.07) is 19.1. The highest BCUT2D eigenvalue weighted by molar-refractivity contribution is 6.31. The topological polar surface area (TPSA) is 110 Å². The molecule has 2 amide bonds. The number of amides is 2. The van der Waals surface area contributed by atoms with E-state index in [4.69, 9.17) is 11.6 Å². The van der Waals surface area contributed by atoms with E-state index in [1.54, 1.807) is 54.6 Å². The third kappa shape index (κ3) is 3.23. The van der Waals surface area contributed by atoms with Crippen molar-refractivity contribution >= 4 is 40.6 Å². The van der Waals surface area contributed by atoms with Crippen LogP contribution in [0.1, 0.15) is 27.0 Å². The van der Waals surface area contributed by atoms with Gasteiger partial charge in [0.15, 0.2) is 5.72 Å². The van der Waals surface area contributed by atoms with Crippen molar-refractivity contribution < 1.29 is 19.8 Å². The number of hydrogen-bond acceptors (Lipinski definition) is 4. The number of H-pyrrole nitrogens is 1. The first kappa shape index (κ1) is 21.0. The Bertz CT molecular complexity index is 1420. The van der Waals surface area contributed by atoms with Crippen molar-refractivity contribution in [3.05, 3.63) is 94.0 Å². The summed E-state index contributed by atoms with van der Waals surface area (Å²) >= 11 is 6.35. The Morgan fingerprint density at radius 3 is 2.64 bits per heavy atom. The van der Waals surface area contributed by atoms with Gasteiger partial charge in [0.2, 0.25) is 5.95 Å². The van der Waals surface area contributed by atoms with Crippen LogP contribution in [0.4, 0.5) is 10.7 Å². The Balaban J connectivity index is 1.65. The van der Waals surface area contributed by atoms with Gasteiger partial charge in [-0.2, -0.15) is 0 Å². The number of nitrogens with zero attached hydrogens (tertiary/aromatic N) is 3. The van der Waals surface area contributed by atoms with Gasteiger partial charge in [0.25, 0.3) is 5.91 Å². The van der Waals surface area contributed by atoms with Gasteiger partial charge in [0.05, 0.1) is 17.6 Å². The third-order valence-electron chi connectivity index (χ3n) is 5.93. The second-order valence-electron chi connectivity index (χ2n) is 7.83. The van der Waals surface area contributed by atoms with E-state index in [9.17, 15) is 19.8 Å². The average Bonchev–Trinajstić information content (AvgIpc) is 3.33. The van der Waals surface area contributed by atoms with Crippen molar-refractivity contribution in [1.29, 1.82) is 0 Å². The van der Waals surface area contributed by atoms with E-state index in [0.29, 0.717) is 38.3 Å². The smallest absolute Gasteiger partial charge is 0.413 e. The molecule has 1 atom stereocenters. The molecule has 1 unspecified atom stereocenters. The molecule has 5 rings (SSSR count). The lowest BCUT2D eigenvalue weighted by atomic mass is 9.93. The van der Waals surface area contributed by atoms with E-state index < -0.39 is 11.8 Å². The standard InChI is InChI=1S/C24H19ClN4O4/c1-28(23(31)32)22-26-19-11-10-15(12-20(19)27-22)24(33)17-8-4-3-7-16(17)21(30)29(24)13-14-6-2-5-9-18(14)25/h2-12,33H,13H2,1H3,(H,26,27)(H,31,32). The molecule has 0 saturated heterocycles. The Kier molecular flexibility index (Phi) is 4.84. The molecule has 0 bridgehead atoms. The average molecular weight is 463 g/mol. The zero-order valence-corrected chi connectivity index (χ0v) is 18.2. The lowest BCUT2D eigenvalue weighted by molar-refractivity contribution is -0.0542. The highest BCUT2D eigenvalue weighted by Crippen LogP contribution is 2.44. The normalized spacial score (nSPS) is 17.4. The highest BCUT2D eigenvalue weighted by atomic mass is 35.5. The van der Waals surface area contributed by atoms with Crippen LogP contribution in [0.5, 0.6) is 0 Å². The molecule has 1 aliphatic heterocycles. The number of hydrogen-bond donors (Lipinski definition) is 3. The number of aromatic amines is 1. The van der Waals surface area contributed by atoms with Crippen LogP contribution >= 0.6 is 11.6 Å². The van der Waals surface area contributed by atoms with Crippen molar-refractivity contribution in [1.82, 2.24) is 14.9 Å². The fraction of sp³-hybridized carbons (Fsp3) is 0.125. The maximum Gasteiger partial charge on any atom is 0.413 e. The Labute approximate surface area is 193 Å². The number of carbonyl (C=O) groups is 2. The summed E-state index contributed by atoms with van der Waals surface area (Å²) in [4.78, 5) is 34.3. The zero-order chi connectivity index (χ0) is 23.3. The molecule has 4 aromatic rings. The number of aromatic nitrogens is 2. The van der Waals surface area contributed by atoms with Gasteiger partial charge in [0.1, 0.15) is 0 Å². The van der Waals surface area contributed by atoms with Crippen LogP contribution in [0, 0.1) is 0 Å². The number of rotatable bonds is 4. The first-order valence-corrected chi connectivity index (χ1v) is 10.5. The molecule has 1 aliphatic rings. The van der Waals surface area contributed by atoms with Gasteiger partial charge in [-0.3, -0.25) is 14.6 Å². The van der Waals surface area contributed by atoms with Gasteiger partial charge in [-0.25, -0.2) is 9.78 Å². The Hall–Kier alpha value is -3.88. The van der Waals surface area contributed by atoms with E-state index in [0.717, 1.165) is 4.90 Å². The molecule has 0 radical (unpaired) electrons. The Morgan fingerprint density at radius 2 is 1.88 bits per heavy atom. The van der Waals surface area contributed by atoms with Crippen molar-refractivity contribution in [3.63, 3.8) is 0 Å². The van der Waals surface area contributed by atoms with Crippen LogP contribution in [-0.4, -0.2) is 44.1 Å². The minimum atomic E-state index is -1.76. The lowest BCUT2D eigenvalue weighted by Gasteiger charge is -2.35. The summed E-state index contributed by atoms with van der Waals surface area (Å²) < 4.78 is 0. The van der Waals surface area contributed by atoms with E-state index in [-0.39, 0.29) is 18.4 Å². The number of anilines is 1. The van der Waals surface area contributed by atoms with Crippen LogP contribution in [0.15, 0.2) is 66.7 Å². The molecular formula is C24H19ClN4O4. The fourth-order valence-corrected chi connectivity index (χ4v) is 4.36. The van der Waals surface area contributed by atoms with Crippen LogP contribution in [-0.2, 0) is 12.3 Å². The van der Waals surface area contributed by atoms with Gasteiger partial charge in [-0.05, 0) is 29.8 Å². The van der Waals surface area contributed by atoms with Crippen LogP contribution < -0.4 is 4.90 Å². The second kappa shape index (κ2) is 7.61. The molecule has 0 saturated carbocycles. The molecular weight excluding hydrogens is 444 g/mol. The number of carbonyl (C=O) groups excluding carboxylic acids is 1. The fourth-order valence-electron chi connectivity index (χ4n) is 4.17. The zero-order valence-electron chi connectivity index (χ0n) is 17.5. The van der Waals surface area contributed by atoms with Gasteiger partial charge in [-0.1, -0.05) is 54.1 Å². The van der Waals surface area contributed by atoms with E-state index in [2.05, 4.69) is 9.97 Å². The van der Waals surface area contributed by atoms with Gasteiger partial charge in [0, 0.05) is 28.8 Å². The lowest BCUT2D eigenvalue weighted by Crippen LogP contribution is -2.44.